The average molecular weight is 370 g/mol. The van der Waals surface area contributed by atoms with Crippen molar-refractivity contribution in [3.63, 3.8) is 0 Å². The lowest BCUT2D eigenvalue weighted by atomic mass is 9.79. The van der Waals surface area contributed by atoms with Crippen LogP contribution in [-0.2, 0) is 15.6 Å². The van der Waals surface area contributed by atoms with Gasteiger partial charge >= 0.3 is 0 Å². The molecule has 0 bridgehead atoms. The van der Waals surface area contributed by atoms with E-state index >= 15 is 0 Å². The first-order valence-corrected chi connectivity index (χ1v) is 9.10. The van der Waals surface area contributed by atoms with E-state index in [9.17, 15) is 4.79 Å². The molecule has 0 aliphatic heterocycles. The lowest BCUT2D eigenvalue weighted by Crippen LogP contribution is -2.20. The highest BCUT2D eigenvalue weighted by molar-refractivity contribution is 5.74. The Bertz CT molecular complexity index is 743. The van der Waals surface area contributed by atoms with Crippen molar-refractivity contribution in [2.45, 2.75) is 52.4 Å². The van der Waals surface area contributed by atoms with Crippen LogP contribution >= 0.6 is 0 Å². The predicted molar refractivity (Wildman–Crippen MR) is 108 cm³/mol. The number of carbonyl (C=O) groups excluding carboxylic acids is 1. The van der Waals surface area contributed by atoms with Gasteiger partial charge in [0.15, 0.2) is 6.79 Å². The van der Waals surface area contributed by atoms with Crippen molar-refractivity contribution in [1.29, 1.82) is 0 Å². The third-order valence-corrected chi connectivity index (χ3v) is 4.25. The third kappa shape index (κ3) is 5.33. The molecular formula is C23H30O4. The van der Waals surface area contributed by atoms with Crippen molar-refractivity contribution in [3.05, 3.63) is 53.1 Å². The quantitative estimate of drug-likeness (QED) is 0.471. The summed E-state index contributed by atoms with van der Waals surface area (Å²) >= 11 is 0. The first kappa shape index (κ1) is 21.0. The summed E-state index contributed by atoms with van der Waals surface area (Å²) in [5.41, 5.74) is 2.47. The van der Waals surface area contributed by atoms with Crippen LogP contribution in [0.3, 0.4) is 0 Å². The van der Waals surface area contributed by atoms with E-state index in [2.05, 4.69) is 41.5 Å². The number of hydrogen-bond acceptors (Lipinski definition) is 4. The Hall–Kier alpha value is -2.33. The molecule has 0 fully saturated rings. The maximum Gasteiger partial charge on any atom is 0.188 e. The van der Waals surface area contributed by atoms with Crippen molar-refractivity contribution in [2.24, 2.45) is 0 Å². The van der Waals surface area contributed by atoms with Crippen LogP contribution in [0.5, 0.6) is 17.2 Å². The number of hydrogen-bond donors (Lipinski definition) is 0. The summed E-state index contributed by atoms with van der Waals surface area (Å²) in [6, 6.07) is 11.1. The van der Waals surface area contributed by atoms with E-state index in [1.807, 2.05) is 12.1 Å². The molecular weight excluding hydrogens is 340 g/mol. The molecule has 2 rings (SSSR count). The van der Waals surface area contributed by atoms with E-state index in [0.29, 0.717) is 11.3 Å². The van der Waals surface area contributed by atoms with Gasteiger partial charge in [-0.3, -0.25) is 4.79 Å². The van der Waals surface area contributed by atoms with Gasteiger partial charge in [0.2, 0.25) is 0 Å². The second-order valence-corrected chi connectivity index (χ2v) is 8.69. The number of methoxy groups -OCH3 is 1. The molecule has 0 N–H and O–H groups in total. The molecule has 0 radical (unpaired) electrons. The zero-order chi connectivity index (χ0) is 20.2. The molecule has 4 nitrogen and oxygen atoms in total. The van der Waals surface area contributed by atoms with Gasteiger partial charge in [0.1, 0.15) is 23.5 Å². The Balaban J connectivity index is 2.56. The number of benzene rings is 2. The minimum absolute atomic E-state index is 0.135. The standard InChI is InChI=1S/C23H30O4/c1-22(2,3)19-12-18(27-17-10-8-16(14-24)9-11-17)13-20(23(4,5)6)21(19)26-15-25-7/h8-14H,15H2,1-7H3. The smallest absolute Gasteiger partial charge is 0.188 e. The first-order chi connectivity index (χ1) is 12.6. The Kier molecular flexibility index (Phi) is 6.32. The van der Waals surface area contributed by atoms with Crippen molar-refractivity contribution in [1.82, 2.24) is 0 Å². The van der Waals surface area contributed by atoms with Gasteiger partial charge in [0, 0.05) is 23.8 Å². The van der Waals surface area contributed by atoms with E-state index in [1.54, 1.807) is 31.4 Å². The SMILES string of the molecule is COCOc1c(C(C)(C)C)cc(Oc2ccc(C=O)cc2)cc1C(C)(C)C. The maximum absolute atomic E-state index is 10.8. The molecule has 0 unspecified atom stereocenters. The number of aldehydes is 1. The van der Waals surface area contributed by atoms with E-state index in [1.165, 1.54) is 0 Å². The molecule has 0 aliphatic carbocycles. The van der Waals surface area contributed by atoms with Crippen LogP contribution in [0, 0.1) is 0 Å². The Morgan fingerprint density at radius 2 is 1.37 bits per heavy atom. The zero-order valence-corrected chi connectivity index (χ0v) is 17.4. The molecule has 27 heavy (non-hydrogen) atoms. The molecule has 2 aromatic rings. The van der Waals surface area contributed by atoms with Crippen molar-refractivity contribution >= 4 is 6.29 Å². The fourth-order valence-electron chi connectivity index (χ4n) is 2.80. The van der Waals surface area contributed by atoms with E-state index in [4.69, 9.17) is 14.2 Å². The van der Waals surface area contributed by atoms with Crippen LogP contribution in [-0.4, -0.2) is 20.2 Å². The van der Waals surface area contributed by atoms with Gasteiger partial charge < -0.3 is 14.2 Å². The number of carbonyl (C=O) groups is 1. The lowest BCUT2D eigenvalue weighted by molar-refractivity contribution is 0.0484. The molecule has 2 aromatic carbocycles. The van der Waals surface area contributed by atoms with Gasteiger partial charge in [-0.2, -0.15) is 0 Å². The normalized spacial score (nSPS) is 12.0. The van der Waals surface area contributed by atoms with Gasteiger partial charge in [-0.05, 0) is 47.2 Å². The van der Waals surface area contributed by atoms with Gasteiger partial charge in [0.25, 0.3) is 0 Å². The Morgan fingerprint density at radius 1 is 0.852 bits per heavy atom. The molecule has 0 atom stereocenters. The van der Waals surface area contributed by atoms with Crippen LogP contribution in [0.1, 0.15) is 63.0 Å². The van der Waals surface area contributed by atoms with Crippen molar-refractivity contribution < 1.29 is 19.0 Å². The van der Waals surface area contributed by atoms with Gasteiger partial charge in [0.05, 0.1) is 0 Å². The van der Waals surface area contributed by atoms with E-state index in [0.717, 1.165) is 28.9 Å². The number of ether oxygens (including phenoxy) is 3. The first-order valence-electron chi connectivity index (χ1n) is 9.10. The Morgan fingerprint density at radius 3 is 1.78 bits per heavy atom. The van der Waals surface area contributed by atoms with Crippen LogP contribution in [0.25, 0.3) is 0 Å². The minimum atomic E-state index is -0.135. The van der Waals surface area contributed by atoms with Crippen molar-refractivity contribution in [3.8, 4) is 17.2 Å². The van der Waals surface area contributed by atoms with E-state index < -0.39 is 0 Å². The summed E-state index contributed by atoms with van der Waals surface area (Å²) < 4.78 is 17.2. The number of rotatable bonds is 6. The molecule has 0 amide bonds. The third-order valence-electron chi connectivity index (χ3n) is 4.25. The monoisotopic (exact) mass is 370 g/mol. The summed E-state index contributed by atoms with van der Waals surface area (Å²) in [7, 11) is 1.62. The summed E-state index contributed by atoms with van der Waals surface area (Å²) in [5.74, 6) is 2.28. The maximum atomic E-state index is 10.8. The highest BCUT2D eigenvalue weighted by Crippen LogP contribution is 2.43. The largest absolute Gasteiger partial charge is 0.467 e. The minimum Gasteiger partial charge on any atom is -0.467 e. The van der Waals surface area contributed by atoms with E-state index in [-0.39, 0.29) is 17.6 Å². The highest BCUT2D eigenvalue weighted by Gasteiger charge is 2.28. The molecule has 0 spiro atoms. The fraction of sp³-hybridized carbons (Fsp3) is 0.435. The molecule has 4 heteroatoms. The summed E-state index contributed by atoms with van der Waals surface area (Å²) in [4.78, 5) is 10.8. The van der Waals surface area contributed by atoms with Crippen molar-refractivity contribution in [2.75, 3.05) is 13.9 Å². The molecule has 0 aromatic heterocycles. The van der Waals surface area contributed by atoms with Gasteiger partial charge in [-0.15, -0.1) is 0 Å². The average Bonchev–Trinajstić information content (AvgIpc) is 2.59. The van der Waals surface area contributed by atoms with Gasteiger partial charge in [-0.1, -0.05) is 41.5 Å². The van der Waals surface area contributed by atoms with Crippen LogP contribution in [0.4, 0.5) is 0 Å². The molecule has 146 valence electrons. The van der Waals surface area contributed by atoms with Gasteiger partial charge in [-0.25, -0.2) is 0 Å². The summed E-state index contributed by atoms with van der Waals surface area (Å²) in [5, 5.41) is 0. The molecule has 0 heterocycles. The topological polar surface area (TPSA) is 44.8 Å². The van der Waals surface area contributed by atoms with Crippen LogP contribution in [0.2, 0.25) is 0 Å². The summed E-state index contributed by atoms with van der Waals surface area (Å²) in [6.45, 7) is 13.1. The molecule has 0 aliphatic rings. The summed E-state index contributed by atoms with van der Waals surface area (Å²) in [6.07, 6.45) is 0.821. The predicted octanol–water partition coefficient (Wildman–Crippen LogP) is 5.87. The van der Waals surface area contributed by atoms with Crippen LogP contribution < -0.4 is 9.47 Å². The lowest BCUT2D eigenvalue weighted by Gasteiger charge is -2.30. The second-order valence-electron chi connectivity index (χ2n) is 8.69. The Labute approximate surface area is 162 Å². The molecule has 0 saturated heterocycles. The van der Waals surface area contributed by atoms with Crippen LogP contribution in [0.15, 0.2) is 36.4 Å². The highest BCUT2D eigenvalue weighted by atomic mass is 16.7. The second kappa shape index (κ2) is 8.13. The zero-order valence-electron chi connectivity index (χ0n) is 17.4. The molecule has 0 saturated carbocycles. The fourth-order valence-corrected chi connectivity index (χ4v) is 2.80.